The summed E-state index contributed by atoms with van der Waals surface area (Å²) < 4.78 is 4.37. The first kappa shape index (κ1) is 11.6. The lowest BCUT2D eigenvalue weighted by atomic mass is 10.4. The molecule has 1 amide bonds. The molecule has 3 N–H and O–H groups in total. The normalized spacial score (nSPS) is 9.73. The van der Waals surface area contributed by atoms with Crippen molar-refractivity contribution in [2.24, 2.45) is 5.73 Å². The Morgan fingerprint density at radius 2 is 2.40 bits per heavy atom. The molecule has 7 heteroatoms. The molecule has 0 unspecified atom stereocenters. The summed E-state index contributed by atoms with van der Waals surface area (Å²) in [5.74, 6) is -0.908. The van der Waals surface area contributed by atoms with Crippen LogP contribution < -0.4 is 11.1 Å². The van der Waals surface area contributed by atoms with Crippen LogP contribution >= 0.6 is 11.3 Å². The topological polar surface area (TPSA) is 94.3 Å². The summed E-state index contributed by atoms with van der Waals surface area (Å²) in [6.07, 6.45) is 0. The minimum absolute atomic E-state index is 0.162. The molecule has 1 heterocycles. The Balaban J connectivity index is 2.50. The van der Waals surface area contributed by atoms with Gasteiger partial charge in [-0.3, -0.25) is 9.59 Å². The van der Waals surface area contributed by atoms with Gasteiger partial charge in [-0.2, -0.15) is 0 Å². The first-order valence-corrected chi connectivity index (χ1v) is 5.04. The van der Waals surface area contributed by atoms with Gasteiger partial charge >= 0.3 is 5.97 Å². The van der Waals surface area contributed by atoms with Gasteiger partial charge < -0.3 is 15.8 Å². The lowest BCUT2D eigenvalue weighted by Crippen LogP contribution is -2.30. The van der Waals surface area contributed by atoms with Crippen LogP contribution in [0, 0.1) is 0 Å². The Hall–Kier alpha value is -1.47. The number of hydrogen-bond donors (Lipinski definition) is 2. The van der Waals surface area contributed by atoms with Crippen molar-refractivity contribution in [2.75, 3.05) is 13.7 Å². The molecule has 6 nitrogen and oxygen atoms in total. The number of thiazole rings is 1. The van der Waals surface area contributed by atoms with Gasteiger partial charge in [0.05, 0.1) is 7.11 Å². The number of hydrogen-bond acceptors (Lipinski definition) is 6. The third-order valence-corrected chi connectivity index (χ3v) is 2.45. The average Bonchev–Trinajstić information content (AvgIpc) is 2.73. The fraction of sp³-hybridized carbons (Fsp3) is 0.375. The Kier molecular flexibility index (Phi) is 4.19. The fourth-order valence-corrected chi connectivity index (χ4v) is 1.48. The van der Waals surface area contributed by atoms with Crippen LogP contribution in [0.25, 0.3) is 0 Å². The van der Waals surface area contributed by atoms with E-state index < -0.39 is 11.9 Å². The van der Waals surface area contributed by atoms with Crippen molar-refractivity contribution in [3.05, 3.63) is 16.1 Å². The smallest absolute Gasteiger partial charge is 0.325 e. The Bertz CT molecular complexity index is 364. The van der Waals surface area contributed by atoms with Crippen molar-refractivity contribution < 1.29 is 14.3 Å². The number of nitrogens with two attached hydrogens (primary N) is 1. The number of aromatic nitrogens is 1. The summed E-state index contributed by atoms with van der Waals surface area (Å²) in [6.45, 7) is 0.139. The van der Waals surface area contributed by atoms with Gasteiger partial charge in [0.15, 0.2) is 0 Å². The molecule has 1 aromatic rings. The highest BCUT2D eigenvalue weighted by molar-refractivity contribution is 7.09. The highest BCUT2D eigenvalue weighted by atomic mass is 32.1. The largest absolute Gasteiger partial charge is 0.468 e. The van der Waals surface area contributed by atoms with E-state index in [0.29, 0.717) is 11.6 Å². The van der Waals surface area contributed by atoms with E-state index in [-0.39, 0.29) is 12.2 Å². The first-order valence-electron chi connectivity index (χ1n) is 4.17. The molecule has 1 rings (SSSR count). The minimum Gasteiger partial charge on any atom is -0.468 e. The van der Waals surface area contributed by atoms with Gasteiger partial charge in [0.2, 0.25) is 0 Å². The van der Waals surface area contributed by atoms with E-state index in [1.165, 1.54) is 18.4 Å². The van der Waals surface area contributed by atoms with Gasteiger partial charge in [-0.15, -0.1) is 11.3 Å². The average molecular weight is 229 g/mol. The molecule has 0 aliphatic heterocycles. The lowest BCUT2D eigenvalue weighted by Gasteiger charge is -2.00. The third kappa shape index (κ3) is 3.30. The molecule has 0 aliphatic rings. The molecule has 0 fully saturated rings. The minimum atomic E-state index is -0.502. The van der Waals surface area contributed by atoms with Gasteiger partial charge in [0, 0.05) is 11.9 Å². The summed E-state index contributed by atoms with van der Waals surface area (Å²) in [4.78, 5) is 26.1. The number of methoxy groups -OCH3 is 1. The van der Waals surface area contributed by atoms with Crippen molar-refractivity contribution in [1.82, 2.24) is 10.3 Å². The third-order valence-electron chi connectivity index (χ3n) is 1.58. The highest BCUT2D eigenvalue weighted by Gasteiger charge is 2.11. The second-order valence-electron chi connectivity index (χ2n) is 2.59. The van der Waals surface area contributed by atoms with Crippen molar-refractivity contribution >= 4 is 23.2 Å². The maximum absolute atomic E-state index is 11.4. The van der Waals surface area contributed by atoms with Crippen molar-refractivity contribution in [3.63, 3.8) is 0 Å². The Morgan fingerprint density at radius 3 is 2.93 bits per heavy atom. The molecule has 15 heavy (non-hydrogen) atoms. The first-order chi connectivity index (χ1) is 7.17. The number of rotatable bonds is 4. The molecule has 0 aromatic carbocycles. The van der Waals surface area contributed by atoms with Gasteiger partial charge in [-0.05, 0) is 0 Å². The van der Waals surface area contributed by atoms with E-state index in [1.54, 1.807) is 5.38 Å². The van der Waals surface area contributed by atoms with Crippen molar-refractivity contribution in [3.8, 4) is 0 Å². The highest BCUT2D eigenvalue weighted by Crippen LogP contribution is 2.08. The Labute approximate surface area is 90.4 Å². The maximum Gasteiger partial charge on any atom is 0.325 e. The molecule has 0 spiro atoms. The van der Waals surface area contributed by atoms with Gasteiger partial charge in [-0.25, -0.2) is 4.98 Å². The van der Waals surface area contributed by atoms with Crippen LogP contribution in [-0.4, -0.2) is 30.5 Å². The zero-order valence-electron chi connectivity index (χ0n) is 8.15. The van der Waals surface area contributed by atoms with E-state index in [2.05, 4.69) is 15.0 Å². The van der Waals surface area contributed by atoms with Crippen molar-refractivity contribution in [1.29, 1.82) is 0 Å². The zero-order valence-corrected chi connectivity index (χ0v) is 8.97. The standard InChI is InChI=1S/C8H11N3O3S/c1-14-7(12)3-10-8(13)5-4-15-6(2-9)11-5/h4H,2-3,9H2,1H3,(H,10,13). The van der Waals surface area contributed by atoms with E-state index in [0.717, 1.165) is 0 Å². The van der Waals surface area contributed by atoms with Crippen LogP contribution in [0.2, 0.25) is 0 Å². The summed E-state index contributed by atoms with van der Waals surface area (Å²) in [5, 5.41) is 4.65. The van der Waals surface area contributed by atoms with Crippen LogP contribution in [0.4, 0.5) is 0 Å². The summed E-state index contributed by atoms with van der Waals surface area (Å²) in [7, 11) is 1.25. The number of carbonyl (C=O) groups is 2. The fourth-order valence-electron chi connectivity index (χ4n) is 0.824. The van der Waals surface area contributed by atoms with E-state index in [9.17, 15) is 9.59 Å². The van der Waals surface area contributed by atoms with Crippen LogP contribution in [0.5, 0.6) is 0 Å². The van der Waals surface area contributed by atoms with E-state index in [1.807, 2.05) is 0 Å². The number of amides is 1. The second-order valence-corrected chi connectivity index (χ2v) is 3.53. The number of ether oxygens (including phenoxy) is 1. The second kappa shape index (κ2) is 5.42. The molecule has 0 aliphatic carbocycles. The predicted octanol–water partition coefficient (Wildman–Crippen LogP) is -0.495. The molecule has 0 atom stereocenters. The molecular formula is C8H11N3O3S. The molecule has 1 aromatic heterocycles. The van der Waals surface area contributed by atoms with E-state index in [4.69, 9.17) is 5.73 Å². The monoisotopic (exact) mass is 229 g/mol. The van der Waals surface area contributed by atoms with Gasteiger partial charge in [0.1, 0.15) is 17.2 Å². The molecule has 82 valence electrons. The molecule has 0 saturated heterocycles. The predicted molar refractivity (Wildman–Crippen MR) is 54.4 cm³/mol. The van der Waals surface area contributed by atoms with Gasteiger partial charge in [-0.1, -0.05) is 0 Å². The number of carbonyl (C=O) groups excluding carboxylic acids is 2. The summed E-state index contributed by atoms with van der Waals surface area (Å²) in [6, 6.07) is 0. The summed E-state index contributed by atoms with van der Waals surface area (Å²) in [5.41, 5.74) is 5.62. The molecule has 0 bridgehead atoms. The zero-order chi connectivity index (χ0) is 11.3. The van der Waals surface area contributed by atoms with Crippen LogP contribution in [0.1, 0.15) is 15.5 Å². The van der Waals surface area contributed by atoms with Crippen molar-refractivity contribution in [2.45, 2.75) is 6.54 Å². The molecule has 0 saturated carbocycles. The molecule has 0 radical (unpaired) electrons. The van der Waals surface area contributed by atoms with Crippen LogP contribution in [0.15, 0.2) is 5.38 Å². The number of nitrogens with zero attached hydrogens (tertiary/aromatic N) is 1. The SMILES string of the molecule is COC(=O)CNC(=O)c1csc(CN)n1. The van der Waals surface area contributed by atoms with Crippen LogP contribution in [0.3, 0.4) is 0 Å². The maximum atomic E-state index is 11.4. The quantitative estimate of drug-likeness (QED) is 0.679. The number of nitrogens with one attached hydrogen (secondary N) is 1. The van der Waals surface area contributed by atoms with Crippen LogP contribution in [-0.2, 0) is 16.1 Å². The van der Waals surface area contributed by atoms with Gasteiger partial charge in [0.25, 0.3) is 5.91 Å². The number of esters is 1. The van der Waals surface area contributed by atoms with E-state index >= 15 is 0 Å². The summed E-state index contributed by atoms with van der Waals surface area (Å²) >= 11 is 1.30. The lowest BCUT2D eigenvalue weighted by molar-refractivity contribution is -0.139. The molecular weight excluding hydrogens is 218 g/mol. The Morgan fingerprint density at radius 1 is 1.67 bits per heavy atom.